The van der Waals surface area contributed by atoms with Crippen LogP contribution in [-0.4, -0.2) is 36.6 Å². The summed E-state index contributed by atoms with van der Waals surface area (Å²) < 4.78 is 0. The van der Waals surface area contributed by atoms with Gasteiger partial charge in [0.1, 0.15) is 0 Å². The smallest absolute Gasteiger partial charge is 0.254 e. The van der Waals surface area contributed by atoms with Crippen LogP contribution in [0.3, 0.4) is 0 Å². The monoisotopic (exact) mass is 368 g/mol. The van der Waals surface area contributed by atoms with Crippen LogP contribution in [-0.2, 0) is 17.6 Å². The van der Waals surface area contributed by atoms with E-state index in [0.717, 1.165) is 23.4 Å². The fraction of sp³-hybridized carbons (Fsp3) is 0.333. The lowest BCUT2D eigenvalue weighted by Crippen LogP contribution is -2.35. The highest BCUT2D eigenvalue weighted by atomic mass is 32.2. The van der Waals surface area contributed by atoms with Crippen LogP contribution in [0.25, 0.3) is 0 Å². The SMILES string of the molecule is CSc1ccccc1NC(=O)CN(C)C(=O)c1ccc2c(c1)CCCC2. The van der Waals surface area contributed by atoms with Crippen LogP contribution in [0.4, 0.5) is 5.69 Å². The van der Waals surface area contributed by atoms with E-state index in [1.807, 2.05) is 42.7 Å². The Labute approximate surface area is 159 Å². The number of carbonyl (C=O) groups is 2. The molecule has 4 nitrogen and oxygen atoms in total. The molecule has 3 rings (SSSR count). The lowest BCUT2D eigenvalue weighted by Gasteiger charge is -2.20. The molecule has 0 unspecified atom stereocenters. The van der Waals surface area contributed by atoms with E-state index in [2.05, 4.69) is 11.4 Å². The zero-order valence-corrected chi connectivity index (χ0v) is 16.1. The molecule has 2 aromatic carbocycles. The Balaban J connectivity index is 1.64. The van der Waals surface area contributed by atoms with Gasteiger partial charge >= 0.3 is 0 Å². The summed E-state index contributed by atoms with van der Waals surface area (Å²) in [6.07, 6.45) is 6.50. The number of benzene rings is 2. The molecule has 0 atom stereocenters. The van der Waals surface area contributed by atoms with E-state index in [-0.39, 0.29) is 18.4 Å². The number of hydrogen-bond acceptors (Lipinski definition) is 3. The minimum absolute atomic E-state index is 0.0264. The average Bonchev–Trinajstić information content (AvgIpc) is 2.67. The van der Waals surface area contributed by atoms with Crippen LogP contribution in [0.5, 0.6) is 0 Å². The molecule has 0 radical (unpaired) electrons. The number of para-hydroxylation sites is 1. The lowest BCUT2D eigenvalue weighted by atomic mass is 9.90. The summed E-state index contributed by atoms with van der Waals surface area (Å²) in [6.45, 7) is 0.0264. The Morgan fingerprint density at radius 3 is 2.58 bits per heavy atom. The van der Waals surface area contributed by atoms with Crippen molar-refractivity contribution < 1.29 is 9.59 Å². The maximum Gasteiger partial charge on any atom is 0.254 e. The molecule has 0 fully saturated rings. The quantitative estimate of drug-likeness (QED) is 0.812. The van der Waals surface area contributed by atoms with Gasteiger partial charge in [-0.2, -0.15) is 0 Å². The minimum Gasteiger partial charge on any atom is -0.332 e. The molecule has 1 aliphatic rings. The first-order valence-corrected chi connectivity index (χ1v) is 10.1. The predicted octanol–water partition coefficient (Wildman–Crippen LogP) is 4.00. The molecule has 5 heteroatoms. The fourth-order valence-electron chi connectivity index (χ4n) is 3.31. The number of carbonyl (C=O) groups excluding carboxylic acids is 2. The molecule has 0 bridgehead atoms. The maximum absolute atomic E-state index is 12.7. The second kappa shape index (κ2) is 8.41. The van der Waals surface area contributed by atoms with Crippen LogP contribution in [0, 0.1) is 0 Å². The minimum atomic E-state index is -0.194. The number of anilines is 1. The zero-order valence-electron chi connectivity index (χ0n) is 15.2. The summed E-state index contributed by atoms with van der Waals surface area (Å²) in [7, 11) is 1.67. The van der Waals surface area contributed by atoms with Gasteiger partial charge in [0.05, 0.1) is 12.2 Å². The van der Waals surface area contributed by atoms with Gasteiger partial charge in [-0.25, -0.2) is 0 Å². The Morgan fingerprint density at radius 2 is 1.81 bits per heavy atom. The summed E-state index contributed by atoms with van der Waals surface area (Å²) in [5.74, 6) is -0.313. The number of hydrogen-bond donors (Lipinski definition) is 1. The maximum atomic E-state index is 12.7. The largest absolute Gasteiger partial charge is 0.332 e. The molecular formula is C21H24N2O2S. The lowest BCUT2D eigenvalue weighted by molar-refractivity contribution is -0.116. The van der Waals surface area contributed by atoms with Crippen molar-refractivity contribution >= 4 is 29.3 Å². The third-order valence-corrected chi connectivity index (χ3v) is 5.50. The van der Waals surface area contributed by atoms with E-state index >= 15 is 0 Å². The number of fused-ring (bicyclic) bond motifs is 1. The molecule has 0 saturated carbocycles. The van der Waals surface area contributed by atoms with Crippen LogP contribution in [0.1, 0.15) is 34.3 Å². The molecule has 0 spiro atoms. The van der Waals surface area contributed by atoms with Gasteiger partial charge in [0.15, 0.2) is 0 Å². The molecule has 1 N–H and O–H groups in total. The first kappa shape index (κ1) is 18.5. The molecule has 0 aromatic heterocycles. The van der Waals surface area contributed by atoms with Gasteiger partial charge in [-0.1, -0.05) is 18.2 Å². The number of aryl methyl sites for hydroxylation is 2. The Morgan fingerprint density at radius 1 is 1.08 bits per heavy atom. The predicted molar refractivity (Wildman–Crippen MR) is 107 cm³/mol. The van der Waals surface area contributed by atoms with Crippen LogP contribution in [0.2, 0.25) is 0 Å². The van der Waals surface area contributed by atoms with Crippen molar-refractivity contribution in [3.8, 4) is 0 Å². The highest BCUT2D eigenvalue weighted by Gasteiger charge is 2.18. The number of amides is 2. The van der Waals surface area contributed by atoms with Crippen molar-refractivity contribution in [3.63, 3.8) is 0 Å². The van der Waals surface area contributed by atoms with Crippen molar-refractivity contribution in [1.82, 2.24) is 4.90 Å². The fourth-order valence-corrected chi connectivity index (χ4v) is 3.87. The summed E-state index contributed by atoms with van der Waals surface area (Å²) in [6, 6.07) is 13.6. The molecule has 2 aromatic rings. The van der Waals surface area contributed by atoms with Gasteiger partial charge in [-0.3, -0.25) is 9.59 Å². The third kappa shape index (κ3) is 4.28. The van der Waals surface area contributed by atoms with Gasteiger partial charge in [0.25, 0.3) is 5.91 Å². The number of likely N-dealkylation sites (N-methyl/N-ethyl adjacent to an activating group) is 1. The summed E-state index contributed by atoms with van der Waals surface area (Å²) >= 11 is 1.58. The topological polar surface area (TPSA) is 49.4 Å². The zero-order chi connectivity index (χ0) is 18.5. The molecular weight excluding hydrogens is 344 g/mol. The van der Waals surface area contributed by atoms with Gasteiger partial charge in [-0.15, -0.1) is 11.8 Å². The Hall–Kier alpha value is -2.27. The van der Waals surface area contributed by atoms with Crippen LogP contribution < -0.4 is 5.32 Å². The standard InChI is InChI=1S/C21H24N2O2S/c1-23(14-20(24)22-18-9-5-6-10-19(18)26-2)21(25)17-12-11-15-7-3-4-8-16(15)13-17/h5-6,9-13H,3-4,7-8,14H2,1-2H3,(H,22,24). The van der Waals surface area contributed by atoms with Crippen LogP contribution in [0.15, 0.2) is 47.4 Å². The average molecular weight is 369 g/mol. The molecule has 26 heavy (non-hydrogen) atoms. The molecule has 0 saturated heterocycles. The summed E-state index contributed by atoms with van der Waals surface area (Å²) in [4.78, 5) is 27.5. The van der Waals surface area contributed by atoms with Gasteiger partial charge < -0.3 is 10.2 Å². The second-order valence-corrected chi connectivity index (χ2v) is 7.45. The van der Waals surface area contributed by atoms with E-state index < -0.39 is 0 Å². The summed E-state index contributed by atoms with van der Waals surface area (Å²) in [5, 5.41) is 2.89. The van der Waals surface area contributed by atoms with E-state index in [9.17, 15) is 9.59 Å². The molecule has 136 valence electrons. The Kier molecular flexibility index (Phi) is 5.99. The van der Waals surface area contributed by atoms with E-state index in [0.29, 0.717) is 5.56 Å². The normalized spacial score (nSPS) is 13.0. The second-order valence-electron chi connectivity index (χ2n) is 6.60. The van der Waals surface area contributed by atoms with Crippen molar-refractivity contribution in [2.24, 2.45) is 0 Å². The third-order valence-electron chi connectivity index (χ3n) is 4.70. The van der Waals surface area contributed by atoms with Crippen molar-refractivity contribution in [2.45, 2.75) is 30.6 Å². The Bertz CT molecular complexity index is 819. The highest BCUT2D eigenvalue weighted by molar-refractivity contribution is 7.98. The molecule has 0 heterocycles. The number of nitrogens with zero attached hydrogens (tertiary/aromatic N) is 1. The van der Waals surface area contributed by atoms with Gasteiger partial charge in [0, 0.05) is 17.5 Å². The van der Waals surface area contributed by atoms with E-state index in [4.69, 9.17) is 0 Å². The number of rotatable bonds is 5. The number of thioether (sulfide) groups is 1. The molecule has 2 amide bonds. The molecule has 0 aliphatic heterocycles. The van der Waals surface area contributed by atoms with E-state index in [1.165, 1.54) is 28.9 Å². The van der Waals surface area contributed by atoms with E-state index in [1.54, 1.807) is 18.8 Å². The van der Waals surface area contributed by atoms with Crippen LogP contribution >= 0.6 is 11.8 Å². The summed E-state index contributed by atoms with van der Waals surface area (Å²) in [5.41, 5.74) is 4.06. The highest BCUT2D eigenvalue weighted by Crippen LogP contribution is 2.25. The number of nitrogens with one attached hydrogen (secondary N) is 1. The van der Waals surface area contributed by atoms with Gasteiger partial charge in [-0.05, 0) is 67.3 Å². The van der Waals surface area contributed by atoms with Crippen molar-refractivity contribution in [2.75, 3.05) is 25.2 Å². The first-order valence-electron chi connectivity index (χ1n) is 8.88. The van der Waals surface area contributed by atoms with Crippen molar-refractivity contribution in [3.05, 3.63) is 59.2 Å². The molecule has 1 aliphatic carbocycles. The van der Waals surface area contributed by atoms with Gasteiger partial charge in [0.2, 0.25) is 5.91 Å². The van der Waals surface area contributed by atoms with Crippen molar-refractivity contribution in [1.29, 1.82) is 0 Å². The first-order chi connectivity index (χ1) is 12.6.